The van der Waals surface area contributed by atoms with Crippen molar-refractivity contribution in [1.82, 2.24) is 9.66 Å². The largest absolute Gasteiger partial charge is 0.350 e. The number of benzene rings is 1. The average Bonchev–Trinajstić information content (AvgIpc) is 2.72. The molecule has 0 atom stereocenters. The molecule has 0 aliphatic heterocycles. The number of anilines is 1. The second-order valence-electron chi connectivity index (χ2n) is 2.93. The molecule has 2 N–H and O–H groups in total. The van der Waals surface area contributed by atoms with Crippen LogP contribution in [0.1, 0.15) is 0 Å². The molecular formula is C10H10N4O. The highest BCUT2D eigenvalue weighted by Crippen LogP contribution is 2.13. The predicted molar refractivity (Wildman–Crippen MR) is 56.1 cm³/mol. The summed E-state index contributed by atoms with van der Waals surface area (Å²) in [5, 5.41) is 1.33. The minimum Gasteiger partial charge on any atom is -0.350 e. The number of hydrogen-bond acceptors (Lipinski definition) is 2. The SMILES string of the molecule is NC(=O)N(c1ccccc1)n1ccnc1. The number of amides is 2. The Labute approximate surface area is 86.7 Å². The van der Waals surface area contributed by atoms with Gasteiger partial charge in [-0.25, -0.2) is 14.5 Å². The van der Waals surface area contributed by atoms with Gasteiger partial charge in [0.05, 0.1) is 5.69 Å². The van der Waals surface area contributed by atoms with Crippen LogP contribution in [0.2, 0.25) is 0 Å². The van der Waals surface area contributed by atoms with E-state index < -0.39 is 6.03 Å². The van der Waals surface area contributed by atoms with Gasteiger partial charge in [-0.15, -0.1) is 0 Å². The summed E-state index contributed by atoms with van der Waals surface area (Å²) in [5.74, 6) is 0. The van der Waals surface area contributed by atoms with Gasteiger partial charge in [-0.1, -0.05) is 18.2 Å². The molecule has 0 fully saturated rings. The van der Waals surface area contributed by atoms with Crippen molar-refractivity contribution in [2.45, 2.75) is 0 Å². The fourth-order valence-corrected chi connectivity index (χ4v) is 1.31. The molecular weight excluding hydrogens is 192 g/mol. The average molecular weight is 202 g/mol. The van der Waals surface area contributed by atoms with Gasteiger partial charge < -0.3 is 5.73 Å². The molecule has 0 radical (unpaired) electrons. The molecule has 0 aliphatic carbocycles. The highest BCUT2D eigenvalue weighted by molar-refractivity contribution is 5.89. The number of primary amides is 1. The van der Waals surface area contributed by atoms with Gasteiger partial charge in [-0.3, -0.25) is 0 Å². The van der Waals surface area contributed by atoms with E-state index in [0.29, 0.717) is 5.69 Å². The van der Waals surface area contributed by atoms with Gasteiger partial charge in [0.1, 0.15) is 6.33 Å². The summed E-state index contributed by atoms with van der Waals surface area (Å²) in [6.07, 6.45) is 4.74. The predicted octanol–water partition coefficient (Wildman–Crippen LogP) is 1.23. The van der Waals surface area contributed by atoms with Crippen LogP contribution in [0.3, 0.4) is 0 Å². The zero-order valence-electron chi connectivity index (χ0n) is 7.95. The number of aromatic nitrogens is 2. The van der Waals surface area contributed by atoms with Crippen LogP contribution in [-0.2, 0) is 0 Å². The Hall–Kier alpha value is -2.30. The Morgan fingerprint density at radius 2 is 2.07 bits per heavy atom. The third-order valence-corrected chi connectivity index (χ3v) is 1.93. The van der Waals surface area contributed by atoms with Crippen molar-refractivity contribution in [2.24, 2.45) is 5.73 Å². The molecule has 0 saturated carbocycles. The third-order valence-electron chi connectivity index (χ3n) is 1.93. The minimum atomic E-state index is -0.556. The smallest absolute Gasteiger partial charge is 0.338 e. The molecule has 1 heterocycles. The molecule has 2 rings (SSSR count). The van der Waals surface area contributed by atoms with Crippen molar-refractivity contribution in [3.05, 3.63) is 49.1 Å². The topological polar surface area (TPSA) is 64.2 Å². The molecule has 76 valence electrons. The number of hydrogen-bond donors (Lipinski definition) is 1. The van der Waals surface area contributed by atoms with Crippen LogP contribution in [-0.4, -0.2) is 15.7 Å². The molecule has 1 aromatic carbocycles. The second kappa shape index (κ2) is 3.83. The summed E-state index contributed by atoms with van der Waals surface area (Å²) in [4.78, 5) is 15.2. The van der Waals surface area contributed by atoms with Crippen molar-refractivity contribution in [1.29, 1.82) is 0 Å². The number of para-hydroxylation sites is 1. The lowest BCUT2D eigenvalue weighted by Crippen LogP contribution is -2.39. The maximum absolute atomic E-state index is 11.3. The monoisotopic (exact) mass is 202 g/mol. The van der Waals surface area contributed by atoms with Gasteiger partial charge in [0, 0.05) is 12.4 Å². The number of imidazole rings is 1. The number of carbonyl (C=O) groups excluding carboxylic acids is 1. The first kappa shape index (κ1) is 9.26. The zero-order valence-corrected chi connectivity index (χ0v) is 7.95. The highest BCUT2D eigenvalue weighted by Gasteiger charge is 2.12. The molecule has 2 aromatic rings. The number of rotatable bonds is 2. The number of nitrogens with zero attached hydrogens (tertiary/aromatic N) is 3. The van der Waals surface area contributed by atoms with Crippen LogP contribution < -0.4 is 10.7 Å². The van der Waals surface area contributed by atoms with Crippen molar-refractivity contribution in [3.63, 3.8) is 0 Å². The minimum absolute atomic E-state index is 0.556. The number of urea groups is 1. The summed E-state index contributed by atoms with van der Waals surface area (Å²) in [6, 6.07) is 8.58. The Bertz CT molecular complexity index is 438. The summed E-state index contributed by atoms with van der Waals surface area (Å²) < 4.78 is 1.53. The third kappa shape index (κ3) is 1.80. The van der Waals surface area contributed by atoms with Crippen molar-refractivity contribution in [2.75, 3.05) is 5.01 Å². The van der Waals surface area contributed by atoms with E-state index in [9.17, 15) is 4.79 Å². The summed E-state index contributed by atoms with van der Waals surface area (Å²) in [5.41, 5.74) is 6.00. The van der Waals surface area contributed by atoms with E-state index in [2.05, 4.69) is 4.98 Å². The lowest BCUT2D eigenvalue weighted by atomic mass is 10.3. The van der Waals surface area contributed by atoms with Gasteiger partial charge in [0.25, 0.3) is 0 Å². The first-order chi connectivity index (χ1) is 7.29. The Balaban J connectivity index is 2.42. The van der Waals surface area contributed by atoms with E-state index in [0.717, 1.165) is 0 Å². The zero-order chi connectivity index (χ0) is 10.7. The van der Waals surface area contributed by atoms with Crippen molar-refractivity contribution in [3.8, 4) is 0 Å². The lowest BCUT2D eigenvalue weighted by molar-refractivity contribution is 0.252. The fraction of sp³-hybridized carbons (Fsp3) is 0. The van der Waals surface area contributed by atoms with Gasteiger partial charge in [-0.05, 0) is 12.1 Å². The Morgan fingerprint density at radius 1 is 1.33 bits per heavy atom. The van der Waals surface area contributed by atoms with E-state index in [1.165, 1.54) is 16.0 Å². The van der Waals surface area contributed by atoms with E-state index in [1.54, 1.807) is 24.5 Å². The highest BCUT2D eigenvalue weighted by atomic mass is 16.2. The normalized spacial score (nSPS) is 9.87. The molecule has 2 amide bonds. The first-order valence-electron chi connectivity index (χ1n) is 4.42. The summed E-state index contributed by atoms with van der Waals surface area (Å²) in [6.45, 7) is 0. The van der Waals surface area contributed by atoms with Gasteiger partial charge in [0.15, 0.2) is 0 Å². The van der Waals surface area contributed by atoms with Crippen LogP contribution >= 0.6 is 0 Å². The van der Waals surface area contributed by atoms with E-state index in [1.807, 2.05) is 18.2 Å². The molecule has 5 heteroatoms. The molecule has 0 saturated heterocycles. The van der Waals surface area contributed by atoms with Gasteiger partial charge >= 0.3 is 6.03 Å². The maximum atomic E-state index is 11.3. The summed E-state index contributed by atoms with van der Waals surface area (Å²) >= 11 is 0. The number of carbonyl (C=O) groups is 1. The molecule has 15 heavy (non-hydrogen) atoms. The quantitative estimate of drug-likeness (QED) is 0.796. The van der Waals surface area contributed by atoms with E-state index >= 15 is 0 Å². The van der Waals surface area contributed by atoms with Crippen LogP contribution in [0, 0.1) is 0 Å². The van der Waals surface area contributed by atoms with Gasteiger partial charge in [-0.2, -0.15) is 5.01 Å². The summed E-state index contributed by atoms with van der Waals surface area (Å²) in [7, 11) is 0. The van der Waals surface area contributed by atoms with Crippen LogP contribution in [0.4, 0.5) is 10.5 Å². The molecule has 0 unspecified atom stereocenters. The van der Waals surface area contributed by atoms with Gasteiger partial charge in [0.2, 0.25) is 0 Å². The first-order valence-corrected chi connectivity index (χ1v) is 4.42. The Kier molecular flexibility index (Phi) is 2.37. The maximum Gasteiger partial charge on any atom is 0.338 e. The molecule has 1 aromatic heterocycles. The standard InChI is InChI=1S/C10H10N4O/c11-10(15)14(13-7-6-12-8-13)9-4-2-1-3-5-9/h1-8H,(H2,11,15). The van der Waals surface area contributed by atoms with Crippen molar-refractivity contribution >= 4 is 11.7 Å². The number of nitrogens with two attached hydrogens (primary N) is 1. The molecule has 0 spiro atoms. The molecule has 0 bridgehead atoms. The van der Waals surface area contributed by atoms with Crippen molar-refractivity contribution < 1.29 is 4.79 Å². The van der Waals surface area contributed by atoms with Crippen LogP contribution in [0.25, 0.3) is 0 Å². The second-order valence-corrected chi connectivity index (χ2v) is 2.93. The van der Waals surface area contributed by atoms with Crippen LogP contribution in [0.15, 0.2) is 49.1 Å². The Morgan fingerprint density at radius 3 is 2.60 bits per heavy atom. The fourth-order valence-electron chi connectivity index (χ4n) is 1.31. The molecule has 0 aliphatic rings. The lowest BCUT2D eigenvalue weighted by Gasteiger charge is -2.20. The van der Waals surface area contributed by atoms with Crippen LogP contribution in [0.5, 0.6) is 0 Å². The van der Waals surface area contributed by atoms with E-state index in [-0.39, 0.29) is 0 Å². The molecule has 5 nitrogen and oxygen atoms in total. The van der Waals surface area contributed by atoms with E-state index in [4.69, 9.17) is 5.73 Å².